The Bertz CT molecular complexity index is 1370. The van der Waals surface area contributed by atoms with E-state index in [9.17, 15) is 23.1 Å². The molecule has 0 saturated carbocycles. The number of aliphatic carboxylic acids is 1. The summed E-state index contributed by atoms with van der Waals surface area (Å²) < 4.78 is 54.2. The Balaban J connectivity index is 1.88. The Labute approximate surface area is 198 Å². The van der Waals surface area contributed by atoms with Crippen LogP contribution in [0.15, 0.2) is 41.1 Å². The Morgan fingerprint density at radius 2 is 2.03 bits per heavy atom. The van der Waals surface area contributed by atoms with Gasteiger partial charge in [-0.15, -0.1) is 11.3 Å². The van der Waals surface area contributed by atoms with Gasteiger partial charge in [0.1, 0.15) is 27.5 Å². The molecule has 1 N–H and O–H groups in total. The molecule has 0 spiro atoms. The van der Waals surface area contributed by atoms with Crippen LogP contribution in [0.5, 0.6) is 5.75 Å². The smallest absolute Gasteiger partial charge is 0.330 e. The molecule has 3 heterocycles. The molecule has 0 atom stereocenters. The zero-order valence-electron chi connectivity index (χ0n) is 18.3. The first-order valence-electron chi connectivity index (χ1n) is 9.96. The molecule has 3 aromatic rings. The maximum Gasteiger partial charge on any atom is 0.330 e. The van der Waals surface area contributed by atoms with E-state index >= 15 is 4.39 Å². The molecule has 0 fully saturated rings. The lowest BCUT2D eigenvalue weighted by Crippen LogP contribution is -2.62. The summed E-state index contributed by atoms with van der Waals surface area (Å²) in [7, 11) is -3.23. The van der Waals surface area contributed by atoms with Crippen LogP contribution >= 0.6 is 11.3 Å². The Hall–Kier alpha value is -3.45. The van der Waals surface area contributed by atoms with Crippen LogP contribution in [0.4, 0.5) is 9.39 Å². The van der Waals surface area contributed by atoms with Gasteiger partial charge in [0.05, 0.1) is 13.3 Å². The summed E-state index contributed by atoms with van der Waals surface area (Å²) in [5.74, 6) is -3.48. The van der Waals surface area contributed by atoms with Gasteiger partial charge in [-0.1, -0.05) is 18.2 Å². The molecule has 4 rings (SSSR count). The number of anilines is 1. The highest BCUT2D eigenvalue weighted by atomic mass is 32.2. The van der Waals surface area contributed by atoms with Gasteiger partial charge in [-0.25, -0.2) is 22.8 Å². The number of oxazole rings is 1. The van der Waals surface area contributed by atoms with Gasteiger partial charge in [-0.05, 0) is 31.9 Å². The summed E-state index contributed by atoms with van der Waals surface area (Å²) in [5.41, 5.74) is -2.07. The minimum absolute atomic E-state index is 0.129. The number of carboxylic acids is 1. The number of nitrogens with zero attached hydrogens (tertiary/aromatic N) is 3. The van der Waals surface area contributed by atoms with Crippen LogP contribution < -0.4 is 9.04 Å². The molecule has 2 aromatic heterocycles. The molecule has 1 aliphatic rings. The summed E-state index contributed by atoms with van der Waals surface area (Å²) in [4.78, 5) is 28.9. The monoisotopic (exact) mass is 509 g/mol. The van der Waals surface area contributed by atoms with Crippen molar-refractivity contribution in [2.75, 3.05) is 18.0 Å². The quantitative estimate of drug-likeness (QED) is 0.514. The SMILES string of the molecule is COc1ccccc1CCN1c2sc(-c3ncco3)c(F)c2C(=O)N(C(C)(C)C(=O)O)S1(=O)=O. The summed E-state index contributed by atoms with van der Waals surface area (Å²) in [6.07, 6.45) is 2.64. The van der Waals surface area contributed by atoms with Crippen LogP contribution in [0.25, 0.3) is 10.8 Å². The van der Waals surface area contributed by atoms with Crippen LogP contribution in [0, 0.1) is 5.82 Å². The van der Waals surface area contributed by atoms with Crippen molar-refractivity contribution in [2.45, 2.75) is 25.8 Å². The van der Waals surface area contributed by atoms with Crippen molar-refractivity contribution in [1.82, 2.24) is 9.29 Å². The molecule has 0 radical (unpaired) electrons. The third-order valence-corrected chi connectivity index (χ3v) is 8.70. The normalized spacial score (nSPS) is 15.4. The van der Waals surface area contributed by atoms with Gasteiger partial charge >= 0.3 is 16.2 Å². The first-order chi connectivity index (χ1) is 16.0. The van der Waals surface area contributed by atoms with Crippen molar-refractivity contribution in [1.29, 1.82) is 0 Å². The number of aromatic nitrogens is 1. The second-order valence-electron chi connectivity index (χ2n) is 7.84. The Morgan fingerprint density at radius 3 is 2.65 bits per heavy atom. The number of carbonyl (C=O) groups is 2. The van der Waals surface area contributed by atoms with E-state index in [-0.39, 0.29) is 33.0 Å². The van der Waals surface area contributed by atoms with Crippen LogP contribution in [0.3, 0.4) is 0 Å². The van der Waals surface area contributed by atoms with Gasteiger partial charge in [0.25, 0.3) is 5.91 Å². The number of rotatable bonds is 7. The summed E-state index contributed by atoms with van der Waals surface area (Å²) in [6, 6.07) is 6.96. The van der Waals surface area contributed by atoms with E-state index in [1.807, 2.05) is 0 Å². The first kappa shape index (κ1) is 23.7. The van der Waals surface area contributed by atoms with Crippen molar-refractivity contribution < 1.29 is 36.7 Å². The molecular formula is C21H20FN3O7S2. The highest BCUT2D eigenvalue weighted by Crippen LogP contribution is 2.47. The molecule has 0 aliphatic carbocycles. The number of para-hydroxylation sites is 1. The number of hydrogen-bond acceptors (Lipinski definition) is 8. The van der Waals surface area contributed by atoms with Crippen molar-refractivity contribution in [2.24, 2.45) is 0 Å². The molecule has 13 heteroatoms. The van der Waals surface area contributed by atoms with E-state index in [2.05, 4.69) is 4.98 Å². The number of carboxylic acid groups (broad SMARTS) is 1. The highest BCUT2D eigenvalue weighted by Gasteiger charge is 2.54. The van der Waals surface area contributed by atoms with Crippen LogP contribution in [0.1, 0.15) is 29.8 Å². The van der Waals surface area contributed by atoms with Crippen molar-refractivity contribution in [3.05, 3.63) is 53.7 Å². The Kier molecular flexibility index (Phi) is 5.85. The molecule has 0 bridgehead atoms. The standard InChI is InChI=1S/C21H20FN3O7S2/c1-21(2,20(27)28)25-18(26)14-15(22)16(17-23-9-11-32-17)33-19(14)24(34(25,29)30)10-8-12-6-4-5-7-13(12)31-3/h4-7,9,11H,8,10H2,1-3H3,(H,27,28). The second kappa shape index (κ2) is 8.40. The molecular weight excluding hydrogens is 489 g/mol. The number of amides is 1. The number of benzene rings is 1. The van der Waals surface area contributed by atoms with E-state index in [1.54, 1.807) is 24.3 Å². The zero-order valence-corrected chi connectivity index (χ0v) is 19.9. The number of halogens is 1. The lowest BCUT2D eigenvalue weighted by atomic mass is 10.1. The van der Waals surface area contributed by atoms with Gasteiger partial charge < -0.3 is 14.3 Å². The van der Waals surface area contributed by atoms with Crippen LogP contribution in [-0.4, -0.2) is 53.9 Å². The maximum absolute atomic E-state index is 15.5. The van der Waals surface area contributed by atoms with Crippen molar-refractivity contribution in [3.63, 3.8) is 0 Å². The van der Waals surface area contributed by atoms with Gasteiger partial charge in [-0.3, -0.25) is 4.79 Å². The van der Waals surface area contributed by atoms with E-state index in [0.29, 0.717) is 22.6 Å². The fourth-order valence-electron chi connectivity index (χ4n) is 3.62. The van der Waals surface area contributed by atoms with E-state index < -0.39 is 39.0 Å². The Morgan fingerprint density at radius 1 is 1.32 bits per heavy atom. The zero-order chi connectivity index (χ0) is 24.8. The predicted molar refractivity (Wildman–Crippen MR) is 121 cm³/mol. The topological polar surface area (TPSA) is 130 Å². The molecule has 1 aromatic carbocycles. The van der Waals surface area contributed by atoms with Gasteiger partial charge in [0.15, 0.2) is 11.4 Å². The molecule has 1 aliphatic heterocycles. The van der Waals surface area contributed by atoms with Crippen LogP contribution in [-0.2, 0) is 21.4 Å². The lowest BCUT2D eigenvalue weighted by Gasteiger charge is -2.41. The van der Waals surface area contributed by atoms with Crippen molar-refractivity contribution >= 4 is 38.4 Å². The van der Waals surface area contributed by atoms with E-state index in [4.69, 9.17) is 9.15 Å². The minimum Gasteiger partial charge on any atom is -0.496 e. The largest absolute Gasteiger partial charge is 0.496 e. The number of hydrogen-bond donors (Lipinski definition) is 1. The lowest BCUT2D eigenvalue weighted by molar-refractivity contribution is -0.145. The number of carbonyl (C=O) groups excluding carboxylic acids is 1. The molecule has 0 unspecified atom stereocenters. The molecule has 1 amide bonds. The van der Waals surface area contributed by atoms with Gasteiger partial charge in [0, 0.05) is 6.54 Å². The average Bonchev–Trinajstić information content (AvgIpc) is 3.41. The number of methoxy groups -OCH3 is 1. The fraction of sp³-hybridized carbons (Fsp3) is 0.286. The fourth-order valence-corrected chi connectivity index (χ4v) is 6.84. The second-order valence-corrected chi connectivity index (χ2v) is 10.5. The number of ether oxygens (including phenoxy) is 1. The van der Waals surface area contributed by atoms with Gasteiger partial charge in [0.2, 0.25) is 5.89 Å². The van der Waals surface area contributed by atoms with Crippen LogP contribution in [0.2, 0.25) is 0 Å². The van der Waals surface area contributed by atoms with Gasteiger partial charge in [-0.2, -0.15) is 8.42 Å². The highest BCUT2D eigenvalue weighted by molar-refractivity contribution is 7.91. The number of thiophene rings is 1. The number of fused-ring (bicyclic) bond motifs is 1. The molecule has 34 heavy (non-hydrogen) atoms. The maximum atomic E-state index is 15.5. The minimum atomic E-state index is -4.70. The summed E-state index contributed by atoms with van der Waals surface area (Å²) in [5, 5.41) is 9.49. The molecule has 10 nitrogen and oxygen atoms in total. The van der Waals surface area contributed by atoms with E-state index in [1.165, 1.54) is 19.6 Å². The average molecular weight is 510 g/mol. The summed E-state index contributed by atoms with van der Waals surface area (Å²) >= 11 is 0.689. The van der Waals surface area contributed by atoms with E-state index in [0.717, 1.165) is 18.2 Å². The molecule has 0 saturated heterocycles. The predicted octanol–water partition coefficient (Wildman–Crippen LogP) is 3.16. The summed E-state index contributed by atoms with van der Waals surface area (Å²) in [6.45, 7) is 1.92. The third-order valence-electron chi connectivity index (χ3n) is 5.40. The molecule has 180 valence electrons. The first-order valence-corrected chi connectivity index (χ1v) is 12.2. The van der Waals surface area contributed by atoms with Crippen molar-refractivity contribution in [3.8, 4) is 16.5 Å². The third kappa shape index (κ3) is 3.60.